The minimum Gasteiger partial charge on any atom is -0.264 e. The summed E-state index contributed by atoms with van der Waals surface area (Å²) in [5, 5.41) is 1.20. The third-order valence-corrected chi connectivity index (χ3v) is 5.99. The molecule has 2 aromatic heterocycles. The summed E-state index contributed by atoms with van der Waals surface area (Å²) in [5.74, 6) is 1.01. The van der Waals surface area contributed by atoms with Gasteiger partial charge in [-0.3, -0.25) is 9.97 Å². The van der Waals surface area contributed by atoms with Crippen LogP contribution in [0.15, 0.2) is 53.9 Å². The van der Waals surface area contributed by atoms with Gasteiger partial charge in [-0.2, -0.15) is 9.93 Å². The van der Waals surface area contributed by atoms with Crippen LogP contribution in [0.25, 0.3) is 0 Å². The van der Waals surface area contributed by atoms with Gasteiger partial charge in [0.25, 0.3) is 0 Å². The van der Waals surface area contributed by atoms with Crippen LogP contribution in [-0.4, -0.2) is 16.2 Å². The lowest BCUT2D eigenvalue weighted by Gasteiger charge is -2.13. The highest BCUT2D eigenvalue weighted by Crippen LogP contribution is 2.45. The first-order valence-electron chi connectivity index (χ1n) is 5.03. The summed E-state index contributed by atoms with van der Waals surface area (Å²) in [6.07, 6.45) is 7.84. The number of hydrogen-bond donors (Lipinski definition) is 1. The zero-order valence-corrected chi connectivity index (χ0v) is 10.8. The van der Waals surface area contributed by atoms with Crippen molar-refractivity contribution in [2.75, 3.05) is 6.26 Å². The van der Waals surface area contributed by atoms with Crippen LogP contribution in [-0.2, 0) is 5.75 Å². The highest BCUT2D eigenvalue weighted by atomic mass is 33.1. The van der Waals surface area contributed by atoms with Gasteiger partial charge in [-0.05, 0) is 30.0 Å². The minimum atomic E-state index is -0.222. The van der Waals surface area contributed by atoms with Gasteiger partial charge < -0.3 is 0 Å². The van der Waals surface area contributed by atoms with Crippen molar-refractivity contribution in [1.82, 2.24) is 9.97 Å². The molecule has 2 heterocycles. The Morgan fingerprint density at radius 3 is 2.81 bits per heavy atom. The molecule has 0 aliphatic heterocycles. The number of nitrogens with zero attached hydrogens (tertiary/aromatic N) is 2. The molecular formula is C12H14N2S2. The summed E-state index contributed by atoms with van der Waals surface area (Å²) in [6.45, 7) is 0. The first kappa shape index (κ1) is 11.5. The molecule has 0 bridgehead atoms. The molecule has 0 saturated carbocycles. The molecule has 0 aliphatic rings. The Kier molecular flexibility index (Phi) is 4.25. The fourth-order valence-corrected chi connectivity index (χ4v) is 4.18. The van der Waals surface area contributed by atoms with Crippen molar-refractivity contribution >= 4 is 20.7 Å². The predicted octanol–water partition coefficient (Wildman–Crippen LogP) is 3.31. The molecule has 4 heteroatoms. The normalized spacial score (nSPS) is 13.4. The van der Waals surface area contributed by atoms with E-state index < -0.39 is 0 Å². The first-order valence-corrected chi connectivity index (χ1v) is 8.41. The van der Waals surface area contributed by atoms with E-state index in [1.807, 2.05) is 47.6 Å². The quantitative estimate of drug-likeness (QED) is 0.666. The largest absolute Gasteiger partial charge is 0.264 e. The summed E-state index contributed by atoms with van der Waals surface area (Å²) in [6, 6.07) is 10.2. The Bertz CT molecular complexity index is 420. The number of rotatable bonds is 4. The zero-order chi connectivity index (χ0) is 11.2. The molecule has 84 valence electrons. The van der Waals surface area contributed by atoms with Crippen molar-refractivity contribution in [3.8, 4) is 0 Å². The molecule has 2 rings (SSSR count). The van der Waals surface area contributed by atoms with E-state index in [1.54, 1.807) is 0 Å². The van der Waals surface area contributed by atoms with E-state index in [2.05, 4.69) is 28.4 Å². The smallest absolute Gasteiger partial charge is 0.0849 e. The summed E-state index contributed by atoms with van der Waals surface area (Å²) in [7, 11) is 1.72. The Morgan fingerprint density at radius 1 is 1.19 bits per heavy atom. The Morgan fingerprint density at radius 2 is 2.12 bits per heavy atom. The van der Waals surface area contributed by atoms with Gasteiger partial charge >= 0.3 is 0 Å². The van der Waals surface area contributed by atoms with Crippen LogP contribution in [0.4, 0.5) is 0 Å². The Balaban J connectivity index is 1.92. The lowest BCUT2D eigenvalue weighted by molar-refractivity contribution is 1.14. The Hall–Kier alpha value is -1.00. The van der Waals surface area contributed by atoms with Crippen molar-refractivity contribution < 1.29 is 0 Å². The fraction of sp³-hybridized carbons (Fsp3) is 0.167. The van der Waals surface area contributed by atoms with Crippen LogP contribution in [0.3, 0.4) is 0 Å². The van der Waals surface area contributed by atoms with Crippen molar-refractivity contribution in [3.05, 3.63) is 54.5 Å². The lowest BCUT2D eigenvalue weighted by Crippen LogP contribution is -1.84. The summed E-state index contributed by atoms with van der Waals surface area (Å²) in [4.78, 5) is 8.50. The molecule has 0 spiro atoms. The molecular weight excluding hydrogens is 236 g/mol. The van der Waals surface area contributed by atoms with Gasteiger partial charge in [-0.1, -0.05) is 12.1 Å². The van der Waals surface area contributed by atoms with E-state index in [1.165, 1.54) is 10.6 Å². The van der Waals surface area contributed by atoms with E-state index >= 15 is 0 Å². The maximum absolute atomic E-state index is 4.38. The van der Waals surface area contributed by atoms with Crippen molar-refractivity contribution in [3.63, 3.8) is 0 Å². The average molecular weight is 250 g/mol. The van der Waals surface area contributed by atoms with Crippen LogP contribution in [0.1, 0.15) is 5.56 Å². The Labute approximate surface area is 102 Å². The van der Waals surface area contributed by atoms with Crippen molar-refractivity contribution in [2.24, 2.45) is 0 Å². The molecule has 0 aromatic carbocycles. The highest BCUT2D eigenvalue weighted by Gasteiger charge is 2.02. The van der Waals surface area contributed by atoms with Crippen LogP contribution in [0.5, 0.6) is 0 Å². The van der Waals surface area contributed by atoms with Crippen LogP contribution >= 0.6 is 20.7 Å². The molecule has 0 amide bonds. The number of hydrogen-bond acceptors (Lipinski definition) is 3. The maximum atomic E-state index is 4.38. The van der Waals surface area contributed by atoms with E-state index in [0.29, 0.717) is 0 Å². The summed E-state index contributed by atoms with van der Waals surface area (Å²) in [5.41, 5.74) is 1.28. The third-order valence-electron chi connectivity index (χ3n) is 2.12. The second-order valence-corrected chi connectivity index (χ2v) is 7.74. The minimum absolute atomic E-state index is 0.222. The summed E-state index contributed by atoms with van der Waals surface area (Å²) >= 11 is 0. The van der Waals surface area contributed by atoms with Crippen molar-refractivity contribution in [2.45, 2.75) is 10.8 Å². The average Bonchev–Trinajstić information content (AvgIpc) is 2.38. The molecule has 16 heavy (non-hydrogen) atoms. The van der Waals surface area contributed by atoms with E-state index in [4.69, 9.17) is 0 Å². The third kappa shape index (κ3) is 3.25. The second-order valence-electron chi connectivity index (χ2n) is 3.32. The number of aromatic nitrogens is 2. The molecule has 0 N–H and O–H groups in total. The van der Waals surface area contributed by atoms with Crippen LogP contribution < -0.4 is 0 Å². The first-order chi connectivity index (χ1) is 7.86. The number of pyridine rings is 2. The van der Waals surface area contributed by atoms with Crippen LogP contribution in [0.2, 0.25) is 0 Å². The van der Waals surface area contributed by atoms with Gasteiger partial charge in [0.15, 0.2) is 0 Å². The molecule has 0 radical (unpaired) electrons. The molecule has 2 aromatic rings. The molecule has 1 unspecified atom stereocenters. The zero-order valence-electron chi connectivity index (χ0n) is 9.08. The van der Waals surface area contributed by atoms with Gasteiger partial charge in [-0.25, -0.2) is 0 Å². The molecule has 0 fully saturated rings. The van der Waals surface area contributed by atoms with Crippen molar-refractivity contribution in [1.29, 1.82) is 0 Å². The van der Waals surface area contributed by atoms with E-state index in [-0.39, 0.29) is 9.93 Å². The monoisotopic (exact) mass is 250 g/mol. The van der Waals surface area contributed by atoms with Gasteiger partial charge in [0.05, 0.1) is 5.03 Å². The summed E-state index contributed by atoms with van der Waals surface area (Å²) < 4.78 is 0. The van der Waals surface area contributed by atoms with Gasteiger partial charge in [0.2, 0.25) is 0 Å². The molecule has 2 nitrogen and oxygen atoms in total. The van der Waals surface area contributed by atoms with Gasteiger partial charge in [-0.15, -0.1) is 10.8 Å². The highest BCUT2D eigenvalue weighted by molar-refractivity contribution is 8.84. The van der Waals surface area contributed by atoms with E-state index in [9.17, 15) is 0 Å². The molecule has 0 saturated heterocycles. The standard InChI is InChI=1S/C12H14N2S2/c1-16(12-6-2-3-8-14-12)15-10-11-5-4-7-13-9-11/h2-9,16H,10H2,1H3. The number of thiol groups is 1. The second kappa shape index (κ2) is 5.92. The fourth-order valence-electron chi connectivity index (χ4n) is 1.26. The van der Waals surface area contributed by atoms with Gasteiger partial charge in [0, 0.05) is 24.3 Å². The SMILES string of the molecule is C[SH](SCc1cccnc1)c1ccccn1. The molecule has 1 atom stereocenters. The van der Waals surface area contributed by atoms with Gasteiger partial charge in [0.1, 0.15) is 0 Å². The van der Waals surface area contributed by atoms with E-state index in [0.717, 1.165) is 5.75 Å². The molecule has 0 aliphatic carbocycles. The topological polar surface area (TPSA) is 25.8 Å². The maximum Gasteiger partial charge on any atom is 0.0849 e. The van der Waals surface area contributed by atoms with Crippen LogP contribution in [0, 0.1) is 0 Å². The predicted molar refractivity (Wildman–Crippen MR) is 72.9 cm³/mol. The lowest BCUT2D eigenvalue weighted by atomic mass is 10.3.